The van der Waals surface area contributed by atoms with Gasteiger partial charge in [0.1, 0.15) is 18.2 Å². The van der Waals surface area contributed by atoms with Crippen molar-refractivity contribution < 1.29 is 23.8 Å². The normalized spacial score (nSPS) is 12.1. The van der Waals surface area contributed by atoms with Gasteiger partial charge in [0.05, 0.1) is 6.61 Å². The minimum atomic E-state index is -1.01. The highest BCUT2D eigenvalue weighted by molar-refractivity contribution is 5.71. The van der Waals surface area contributed by atoms with Crippen LogP contribution in [0.5, 0.6) is 5.75 Å². The van der Waals surface area contributed by atoms with Crippen molar-refractivity contribution in [3.8, 4) is 5.75 Å². The monoisotopic (exact) mass is 228 g/mol. The molecule has 88 valence electrons. The number of benzene rings is 1. The van der Waals surface area contributed by atoms with Crippen molar-refractivity contribution in [2.24, 2.45) is 0 Å². The largest absolute Gasteiger partial charge is 0.491 e. The predicted molar refractivity (Wildman–Crippen MR) is 54.9 cm³/mol. The fourth-order valence-corrected chi connectivity index (χ4v) is 0.987. The van der Waals surface area contributed by atoms with Crippen LogP contribution in [0.3, 0.4) is 0 Å². The van der Waals surface area contributed by atoms with E-state index >= 15 is 0 Å². The van der Waals surface area contributed by atoms with Crippen LogP contribution in [0.1, 0.15) is 6.92 Å². The van der Waals surface area contributed by atoms with E-state index in [1.165, 1.54) is 31.2 Å². The molecule has 0 fully saturated rings. The minimum absolute atomic E-state index is 0.171. The summed E-state index contributed by atoms with van der Waals surface area (Å²) in [5.74, 6) is -0.821. The summed E-state index contributed by atoms with van der Waals surface area (Å²) >= 11 is 0. The standard InChI is InChI=1S/C11H13FO4/c1-8(11(13)14)15-6-7-16-10-4-2-9(12)3-5-10/h2-5,8H,6-7H2,1H3,(H,13,14)/t8-/m0/s1. The van der Waals surface area contributed by atoms with Gasteiger partial charge in [0.15, 0.2) is 6.10 Å². The molecular weight excluding hydrogens is 215 g/mol. The zero-order valence-electron chi connectivity index (χ0n) is 8.85. The zero-order valence-corrected chi connectivity index (χ0v) is 8.85. The first-order chi connectivity index (χ1) is 7.59. The molecule has 1 atom stereocenters. The van der Waals surface area contributed by atoms with E-state index in [9.17, 15) is 9.18 Å². The van der Waals surface area contributed by atoms with Crippen molar-refractivity contribution in [1.82, 2.24) is 0 Å². The van der Waals surface area contributed by atoms with Crippen LogP contribution in [-0.2, 0) is 9.53 Å². The Bertz CT molecular complexity index is 336. The van der Waals surface area contributed by atoms with Gasteiger partial charge in [0, 0.05) is 0 Å². The van der Waals surface area contributed by atoms with Gasteiger partial charge in [0.2, 0.25) is 0 Å². The molecule has 1 aromatic carbocycles. The van der Waals surface area contributed by atoms with Crippen molar-refractivity contribution in [1.29, 1.82) is 0 Å². The highest BCUT2D eigenvalue weighted by Gasteiger charge is 2.09. The van der Waals surface area contributed by atoms with E-state index in [1.54, 1.807) is 0 Å². The first-order valence-corrected chi connectivity index (χ1v) is 4.82. The first kappa shape index (κ1) is 12.4. The van der Waals surface area contributed by atoms with Crippen molar-refractivity contribution in [3.63, 3.8) is 0 Å². The van der Waals surface area contributed by atoms with E-state index in [4.69, 9.17) is 14.6 Å². The summed E-state index contributed by atoms with van der Waals surface area (Å²) in [6.45, 7) is 1.84. The lowest BCUT2D eigenvalue weighted by Gasteiger charge is -2.09. The molecule has 1 aromatic rings. The molecule has 0 saturated carbocycles. The average Bonchev–Trinajstić information content (AvgIpc) is 2.26. The van der Waals surface area contributed by atoms with Crippen LogP contribution in [-0.4, -0.2) is 30.4 Å². The van der Waals surface area contributed by atoms with Crippen LogP contribution in [0.4, 0.5) is 4.39 Å². The molecule has 0 spiro atoms. The van der Waals surface area contributed by atoms with Crippen LogP contribution in [0.15, 0.2) is 24.3 Å². The fraction of sp³-hybridized carbons (Fsp3) is 0.364. The number of hydrogen-bond acceptors (Lipinski definition) is 3. The van der Waals surface area contributed by atoms with E-state index in [0.717, 1.165) is 0 Å². The number of ether oxygens (including phenoxy) is 2. The van der Waals surface area contributed by atoms with Crippen molar-refractivity contribution >= 4 is 5.97 Å². The maximum Gasteiger partial charge on any atom is 0.332 e. The number of halogens is 1. The molecule has 0 bridgehead atoms. The average molecular weight is 228 g/mol. The number of carboxylic acids is 1. The maximum atomic E-state index is 12.5. The minimum Gasteiger partial charge on any atom is -0.491 e. The van der Waals surface area contributed by atoms with Gasteiger partial charge >= 0.3 is 5.97 Å². The molecule has 4 nitrogen and oxygen atoms in total. The van der Waals surface area contributed by atoms with Gasteiger partial charge in [0.25, 0.3) is 0 Å². The molecule has 1 N–H and O–H groups in total. The predicted octanol–water partition coefficient (Wildman–Crippen LogP) is 1.69. The molecule has 0 heterocycles. The lowest BCUT2D eigenvalue weighted by molar-refractivity contribution is -0.149. The van der Waals surface area contributed by atoms with Crippen LogP contribution < -0.4 is 4.74 Å². The Morgan fingerprint density at radius 3 is 2.56 bits per heavy atom. The molecule has 0 aliphatic heterocycles. The molecule has 0 aromatic heterocycles. The van der Waals surface area contributed by atoms with Gasteiger partial charge in [-0.1, -0.05) is 0 Å². The number of hydrogen-bond donors (Lipinski definition) is 1. The van der Waals surface area contributed by atoms with Crippen LogP contribution in [0.2, 0.25) is 0 Å². The third-order valence-corrected chi connectivity index (χ3v) is 1.88. The Labute approximate surface area is 92.6 Å². The summed E-state index contributed by atoms with van der Waals surface area (Å²) < 4.78 is 22.7. The molecule has 0 amide bonds. The van der Waals surface area contributed by atoms with Gasteiger partial charge < -0.3 is 14.6 Å². The lowest BCUT2D eigenvalue weighted by Crippen LogP contribution is -2.22. The third-order valence-electron chi connectivity index (χ3n) is 1.88. The number of rotatable bonds is 6. The topological polar surface area (TPSA) is 55.8 Å². The van der Waals surface area contributed by atoms with Crippen LogP contribution in [0.25, 0.3) is 0 Å². The van der Waals surface area contributed by atoms with E-state index in [0.29, 0.717) is 5.75 Å². The molecule has 5 heteroatoms. The van der Waals surface area contributed by atoms with E-state index in [2.05, 4.69) is 0 Å². The highest BCUT2D eigenvalue weighted by atomic mass is 19.1. The Morgan fingerprint density at radius 1 is 1.38 bits per heavy atom. The summed E-state index contributed by atoms with van der Waals surface area (Å²) in [6.07, 6.45) is -0.850. The molecule has 0 unspecified atom stereocenters. The van der Waals surface area contributed by atoms with Crippen molar-refractivity contribution in [3.05, 3.63) is 30.1 Å². The third kappa shape index (κ3) is 4.27. The summed E-state index contributed by atoms with van der Waals surface area (Å²) in [5.41, 5.74) is 0. The number of carboxylic acid groups (broad SMARTS) is 1. The Hall–Kier alpha value is -1.62. The van der Waals surface area contributed by atoms with Crippen molar-refractivity contribution in [2.45, 2.75) is 13.0 Å². The first-order valence-electron chi connectivity index (χ1n) is 4.82. The van der Waals surface area contributed by atoms with Gasteiger partial charge in [-0.2, -0.15) is 0 Å². The second kappa shape index (κ2) is 6.07. The summed E-state index contributed by atoms with van der Waals surface area (Å²) in [6, 6.07) is 5.57. The van der Waals surface area contributed by atoms with Gasteiger partial charge in [-0.25, -0.2) is 9.18 Å². The lowest BCUT2D eigenvalue weighted by atomic mass is 10.3. The van der Waals surface area contributed by atoms with Crippen LogP contribution in [0, 0.1) is 5.82 Å². The maximum absolute atomic E-state index is 12.5. The van der Waals surface area contributed by atoms with E-state index in [1.807, 2.05) is 0 Å². The van der Waals surface area contributed by atoms with Gasteiger partial charge in [-0.3, -0.25) is 0 Å². The molecule has 0 saturated heterocycles. The smallest absolute Gasteiger partial charge is 0.332 e. The fourth-order valence-electron chi connectivity index (χ4n) is 0.987. The quantitative estimate of drug-likeness (QED) is 0.753. The SMILES string of the molecule is C[C@H](OCCOc1ccc(F)cc1)C(=O)O. The molecule has 16 heavy (non-hydrogen) atoms. The Morgan fingerprint density at radius 2 is 2.00 bits per heavy atom. The second-order valence-electron chi connectivity index (χ2n) is 3.15. The molecule has 0 aliphatic rings. The second-order valence-corrected chi connectivity index (χ2v) is 3.15. The number of aliphatic carboxylic acids is 1. The van der Waals surface area contributed by atoms with E-state index in [-0.39, 0.29) is 19.0 Å². The molecule has 0 aliphatic carbocycles. The molecular formula is C11H13FO4. The molecule has 0 radical (unpaired) electrons. The Kier molecular flexibility index (Phi) is 4.72. The van der Waals surface area contributed by atoms with Crippen LogP contribution >= 0.6 is 0 Å². The number of carbonyl (C=O) groups is 1. The Balaban J connectivity index is 2.21. The van der Waals surface area contributed by atoms with E-state index < -0.39 is 12.1 Å². The summed E-state index contributed by atoms with van der Waals surface area (Å²) in [4.78, 5) is 10.4. The van der Waals surface area contributed by atoms with Gasteiger partial charge in [-0.05, 0) is 31.2 Å². The van der Waals surface area contributed by atoms with Gasteiger partial charge in [-0.15, -0.1) is 0 Å². The highest BCUT2D eigenvalue weighted by Crippen LogP contribution is 2.10. The van der Waals surface area contributed by atoms with Crippen molar-refractivity contribution in [2.75, 3.05) is 13.2 Å². The summed E-state index contributed by atoms with van der Waals surface area (Å²) in [7, 11) is 0. The zero-order chi connectivity index (χ0) is 12.0. The molecule has 1 rings (SSSR count). The summed E-state index contributed by atoms with van der Waals surface area (Å²) in [5, 5.41) is 8.52.